The number of Topliss-reactive ketones (excluding diaryl/α,β-unsaturated/α-hetero) is 1. The van der Waals surface area contributed by atoms with Crippen LogP contribution in [-0.4, -0.2) is 33.5 Å². The number of hydrogen-bond acceptors (Lipinski definition) is 7. The second kappa shape index (κ2) is 8.88. The van der Waals surface area contributed by atoms with Gasteiger partial charge in [-0.25, -0.2) is 4.98 Å². The third-order valence-corrected chi connectivity index (χ3v) is 6.81. The quantitative estimate of drug-likeness (QED) is 0.225. The predicted molar refractivity (Wildman–Crippen MR) is 135 cm³/mol. The average molecular weight is 487 g/mol. The molecule has 1 aromatic heterocycles. The molecule has 35 heavy (non-hydrogen) atoms. The van der Waals surface area contributed by atoms with E-state index in [4.69, 9.17) is 4.74 Å². The van der Waals surface area contributed by atoms with E-state index in [1.807, 2.05) is 32.0 Å². The summed E-state index contributed by atoms with van der Waals surface area (Å²) >= 11 is 1.29. The van der Waals surface area contributed by atoms with Gasteiger partial charge in [-0.05, 0) is 61.4 Å². The Balaban J connectivity index is 1.72. The number of fused-ring (bicyclic) bond motifs is 1. The van der Waals surface area contributed by atoms with Crippen LogP contribution in [0.1, 0.15) is 29.7 Å². The Labute approximate surface area is 205 Å². The van der Waals surface area contributed by atoms with Crippen LogP contribution in [0.3, 0.4) is 0 Å². The number of aromatic hydroxyl groups is 1. The first-order valence-corrected chi connectivity index (χ1v) is 11.9. The van der Waals surface area contributed by atoms with Crippen LogP contribution in [0.4, 0.5) is 5.13 Å². The number of rotatable bonds is 5. The number of amides is 1. The molecule has 2 heterocycles. The van der Waals surface area contributed by atoms with Crippen LogP contribution >= 0.6 is 11.3 Å². The third kappa shape index (κ3) is 4.02. The lowest BCUT2D eigenvalue weighted by Gasteiger charge is -2.23. The zero-order chi connectivity index (χ0) is 24.7. The van der Waals surface area contributed by atoms with Crippen molar-refractivity contribution in [3.05, 3.63) is 89.0 Å². The summed E-state index contributed by atoms with van der Waals surface area (Å²) in [7, 11) is 0. The fourth-order valence-electron chi connectivity index (χ4n) is 4.22. The number of ketones is 1. The molecule has 0 saturated carbocycles. The highest BCUT2D eigenvalue weighted by Crippen LogP contribution is 2.45. The first kappa shape index (κ1) is 22.6. The molecule has 0 spiro atoms. The normalized spacial score (nSPS) is 17.3. The Morgan fingerprint density at radius 1 is 1.09 bits per heavy atom. The van der Waals surface area contributed by atoms with Gasteiger partial charge in [0.05, 0.1) is 28.4 Å². The maximum absolute atomic E-state index is 13.3. The summed E-state index contributed by atoms with van der Waals surface area (Å²) in [4.78, 5) is 32.6. The lowest BCUT2D eigenvalue weighted by molar-refractivity contribution is -0.132. The number of anilines is 1. The summed E-state index contributed by atoms with van der Waals surface area (Å²) in [6.07, 6.45) is 0. The number of carbonyl (C=O) groups is 2. The predicted octanol–water partition coefficient (Wildman–Crippen LogP) is 5.34. The van der Waals surface area contributed by atoms with Crippen molar-refractivity contribution in [2.24, 2.45) is 0 Å². The van der Waals surface area contributed by atoms with Crippen molar-refractivity contribution in [3.63, 3.8) is 0 Å². The van der Waals surface area contributed by atoms with Gasteiger partial charge in [0.1, 0.15) is 17.3 Å². The van der Waals surface area contributed by atoms with Gasteiger partial charge < -0.3 is 14.9 Å². The number of aliphatic hydroxyl groups excluding tert-OH is 1. The zero-order valence-corrected chi connectivity index (χ0v) is 19.9. The number of phenols is 1. The molecular formula is C27H22N2O5S. The SMILES string of the molecule is CCOc1cccc(C(O)=C2C(=O)C(=O)N(c3nc4ccc(C)cc4s3)C2c2cccc(O)c2)c1. The molecule has 1 unspecified atom stereocenters. The van der Waals surface area contributed by atoms with Crippen molar-refractivity contribution < 1.29 is 24.5 Å². The van der Waals surface area contributed by atoms with Gasteiger partial charge in [0.25, 0.3) is 5.78 Å². The molecule has 1 atom stereocenters. The highest BCUT2D eigenvalue weighted by molar-refractivity contribution is 7.22. The molecule has 0 radical (unpaired) electrons. The number of phenolic OH excluding ortho intramolecular Hbond substituents is 1. The van der Waals surface area contributed by atoms with E-state index in [-0.39, 0.29) is 17.1 Å². The number of thiazole rings is 1. The van der Waals surface area contributed by atoms with Gasteiger partial charge in [-0.1, -0.05) is 41.7 Å². The maximum atomic E-state index is 13.3. The Kier molecular flexibility index (Phi) is 5.74. The molecule has 7 nitrogen and oxygen atoms in total. The number of hydrogen-bond donors (Lipinski definition) is 2. The Bertz CT molecular complexity index is 1510. The highest BCUT2D eigenvalue weighted by Gasteiger charge is 2.48. The van der Waals surface area contributed by atoms with Crippen molar-refractivity contribution in [2.75, 3.05) is 11.5 Å². The van der Waals surface area contributed by atoms with Gasteiger partial charge in [-0.3, -0.25) is 14.5 Å². The van der Waals surface area contributed by atoms with Crippen molar-refractivity contribution in [3.8, 4) is 11.5 Å². The van der Waals surface area contributed by atoms with E-state index in [2.05, 4.69) is 4.98 Å². The van der Waals surface area contributed by atoms with Gasteiger partial charge in [-0.15, -0.1) is 0 Å². The van der Waals surface area contributed by atoms with Crippen LogP contribution in [-0.2, 0) is 9.59 Å². The molecule has 3 aromatic carbocycles. The minimum absolute atomic E-state index is 0.0219. The summed E-state index contributed by atoms with van der Waals surface area (Å²) in [6, 6.07) is 17.8. The fraction of sp³-hybridized carbons (Fsp3) is 0.148. The Morgan fingerprint density at radius 2 is 1.89 bits per heavy atom. The standard InChI is InChI=1S/C27H22N2O5S/c1-3-34-19-9-5-7-17(14-19)24(31)22-23(16-6-4-8-18(30)13-16)29(26(33)25(22)32)27-28-20-11-10-15(2)12-21(20)35-27/h4-14,23,30-31H,3H2,1-2H3. The van der Waals surface area contributed by atoms with E-state index in [1.165, 1.54) is 28.4 Å². The number of aryl methyl sites for hydroxylation is 1. The van der Waals surface area contributed by atoms with Gasteiger partial charge in [0.2, 0.25) is 0 Å². The lowest BCUT2D eigenvalue weighted by atomic mass is 9.95. The van der Waals surface area contributed by atoms with Crippen LogP contribution in [0.2, 0.25) is 0 Å². The molecule has 176 valence electrons. The number of aliphatic hydroxyl groups is 1. The topological polar surface area (TPSA) is 100.0 Å². The first-order chi connectivity index (χ1) is 16.9. The van der Waals surface area contributed by atoms with Crippen LogP contribution in [0.5, 0.6) is 11.5 Å². The molecular weight excluding hydrogens is 464 g/mol. The molecule has 1 fully saturated rings. The molecule has 0 bridgehead atoms. The maximum Gasteiger partial charge on any atom is 0.301 e. The number of benzene rings is 3. The molecule has 4 aromatic rings. The molecule has 1 aliphatic rings. The van der Waals surface area contributed by atoms with E-state index in [9.17, 15) is 19.8 Å². The van der Waals surface area contributed by atoms with Gasteiger partial charge >= 0.3 is 5.91 Å². The minimum atomic E-state index is -0.973. The van der Waals surface area contributed by atoms with Gasteiger partial charge in [0.15, 0.2) is 5.13 Å². The monoisotopic (exact) mass is 486 g/mol. The molecule has 0 aliphatic carbocycles. The largest absolute Gasteiger partial charge is 0.508 e. The van der Waals surface area contributed by atoms with E-state index in [0.717, 1.165) is 10.3 Å². The first-order valence-electron chi connectivity index (χ1n) is 11.1. The van der Waals surface area contributed by atoms with Crippen molar-refractivity contribution >= 4 is 44.1 Å². The van der Waals surface area contributed by atoms with E-state index in [0.29, 0.717) is 34.1 Å². The zero-order valence-electron chi connectivity index (χ0n) is 19.1. The summed E-state index contributed by atoms with van der Waals surface area (Å²) in [5.41, 5.74) is 2.50. The van der Waals surface area contributed by atoms with E-state index in [1.54, 1.807) is 36.4 Å². The Morgan fingerprint density at radius 3 is 2.66 bits per heavy atom. The molecule has 1 aliphatic heterocycles. The summed E-state index contributed by atoms with van der Waals surface area (Å²) in [5.74, 6) is -1.44. The van der Waals surface area contributed by atoms with Crippen LogP contribution in [0.15, 0.2) is 72.3 Å². The number of aromatic nitrogens is 1. The van der Waals surface area contributed by atoms with Gasteiger partial charge in [0, 0.05) is 5.56 Å². The molecule has 1 saturated heterocycles. The molecule has 5 rings (SSSR count). The van der Waals surface area contributed by atoms with Crippen molar-refractivity contribution in [1.29, 1.82) is 0 Å². The summed E-state index contributed by atoms with van der Waals surface area (Å²) in [5, 5.41) is 21.8. The molecule has 1 amide bonds. The highest BCUT2D eigenvalue weighted by atomic mass is 32.1. The smallest absolute Gasteiger partial charge is 0.301 e. The van der Waals surface area contributed by atoms with Crippen LogP contribution in [0, 0.1) is 6.92 Å². The number of carbonyl (C=O) groups excluding carboxylic acids is 2. The molecule has 8 heteroatoms. The number of nitrogens with zero attached hydrogens (tertiary/aromatic N) is 2. The van der Waals surface area contributed by atoms with Crippen LogP contribution in [0.25, 0.3) is 16.0 Å². The van der Waals surface area contributed by atoms with E-state index >= 15 is 0 Å². The summed E-state index contributed by atoms with van der Waals surface area (Å²) in [6.45, 7) is 4.25. The van der Waals surface area contributed by atoms with Crippen LogP contribution < -0.4 is 9.64 Å². The average Bonchev–Trinajstić information content (AvgIpc) is 3.37. The summed E-state index contributed by atoms with van der Waals surface area (Å²) < 4.78 is 6.41. The minimum Gasteiger partial charge on any atom is -0.508 e. The Hall–Kier alpha value is -4.17. The number of ether oxygens (including phenoxy) is 1. The second-order valence-corrected chi connectivity index (χ2v) is 9.20. The fourth-order valence-corrected chi connectivity index (χ4v) is 5.31. The second-order valence-electron chi connectivity index (χ2n) is 8.19. The van der Waals surface area contributed by atoms with E-state index < -0.39 is 17.7 Å². The van der Waals surface area contributed by atoms with Crippen molar-refractivity contribution in [2.45, 2.75) is 19.9 Å². The van der Waals surface area contributed by atoms with Crippen molar-refractivity contribution in [1.82, 2.24) is 4.98 Å². The molecule has 2 N–H and O–H groups in total. The lowest BCUT2D eigenvalue weighted by Crippen LogP contribution is -2.29. The van der Waals surface area contributed by atoms with Gasteiger partial charge in [-0.2, -0.15) is 0 Å². The third-order valence-electron chi connectivity index (χ3n) is 5.79.